The predicted octanol–water partition coefficient (Wildman–Crippen LogP) is 2.78. The first-order valence-corrected chi connectivity index (χ1v) is 7.88. The van der Waals surface area contributed by atoms with Crippen LogP contribution in [0.2, 0.25) is 0 Å². The first-order chi connectivity index (χ1) is 8.40. The normalized spacial score (nSPS) is 32.8. The molecule has 0 aromatic carbocycles. The van der Waals surface area contributed by atoms with E-state index < -0.39 is 0 Å². The summed E-state index contributed by atoms with van der Waals surface area (Å²) in [6.07, 6.45) is 13.1. The second kappa shape index (κ2) is 5.71. The molecule has 0 spiro atoms. The molecule has 98 valence electrons. The first kappa shape index (κ1) is 12.0. The molecule has 0 radical (unpaired) electrons. The molecule has 1 aliphatic heterocycles. The highest BCUT2D eigenvalue weighted by Crippen LogP contribution is 2.30. The van der Waals surface area contributed by atoms with Gasteiger partial charge in [0, 0.05) is 25.2 Å². The smallest absolute Gasteiger partial charge is 0.0198 e. The predicted molar refractivity (Wildman–Crippen MR) is 72.2 cm³/mol. The van der Waals surface area contributed by atoms with Crippen LogP contribution in [0.4, 0.5) is 0 Å². The molecular formula is C15H28N2. The SMILES string of the molecule is C1CCC(NC2CCCN(CC3CC3)C2)CC1. The van der Waals surface area contributed by atoms with E-state index in [0.29, 0.717) is 0 Å². The summed E-state index contributed by atoms with van der Waals surface area (Å²) < 4.78 is 0. The lowest BCUT2D eigenvalue weighted by Gasteiger charge is -2.36. The summed E-state index contributed by atoms with van der Waals surface area (Å²) in [7, 11) is 0. The number of rotatable bonds is 4. The molecule has 2 heteroatoms. The Labute approximate surface area is 106 Å². The third-order valence-corrected chi connectivity index (χ3v) is 4.80. The third-order valence-electron chi connectivity index (χ3n) is 4.80. The van der Waals surface area contributed by atoms with Crippen LogP contribution in [0.15, 0.2) is 0 Å². The monoisotopic (exact) mass is 236 g/mol. The molecule has 0 amide bonds. The Balaban J connectivity index is 1.42. The van der Waals surface area contributed by atoms with Crippen LogP contribution in [0.5, 0.6) is 0 Å². The molecular weight excluding hydrogens is 208 g/mol. The van der Waals surface area contributed by atoms with Crippen molar-refractivity contribution in [2.24, 2.45) is 5.92 Å². The molecule has 2 aliphatic carbocycles. The van der Waals surface area contributed by atoms with E-state index in [1.165, 1.54) is 77.4 Å². The molecule has 17 heavy (non-hydrogen) atoms. The van der Waals surface area contributed by atoms with Crippen LogP contribution < -0.4 is 5.32 Å². The average molecular weight is 236 g/mol. The van der Waals surface area contributed by atoms with Crippen molar-refractivity contribution in [1.29, 1.82) is 0 Å². The van der Waals surface area contributed by atoms with Crippen LogP contribution >= 0.6 is 0 Å². The van der Waals surface area contributed by atoms with Crippen LogP contribution in [-0.4, -0.2) is 36.6 Å². The lowest BCUT2D eigenvalue weighted by molar-refractivity contribution is 0.170. The Morgan fingerprint density at radius 3 is 2.35 bits per heavy atom. The van der Waals surface area contributed by atoms with Crippen molar-refractivity contribution in [1.82, 2.24) is 10.2 Å². The van der Waals surface area contributed by atoms with Gasteiger partial charge in [0.05, 0.1) is 0 Å². The minimum absolute atomic E-state index is 0.797. The third kappa shape index (κ3) is 3.69. The quantitative estimate of drug-likeness (QED) is 0.807. The van der Waals surface area contributed by atoms with E-state index in [0.717, 1.165) is 18.0 Å². The molecule has 0 bridgehead atoms. The first-order valence-electron chi connectivity index (χ1n) is 7.88. The number of nitrogens with zero attached hydrogens (tertiary/aromatic N) is 1. The largest absolute Gasteiger partial charge is 0.310 e. The van der Waals surface area contributed by atoms with E-state index in [-0.39, 0.29) is 0 Å². The molecule has 1 N–H and O–H groups in total. The van der Waals surface area contributed by atoms with Crippen molar-refractivity contribution < 1.29 is 0 Å². The van der Waals surface area contributed by atoms with Crippen LogP contribution in [0, 0.1) is 5.92 Å². The lowest BCUT2D eigenvalue weighted by Crippen LogP contribution is -2.49. The van der Waals surface area contributed by atoms with Crippen LogP contribution in [0.1, 0.15) is 57.8 Å². The summed E-state index contributed by atoms with van der Waals surface area (Å²) >= 11 is 0. The van der Waals surface area contributed by atoms with Gasteiger partial charge in [0.15, 0.2) is 0 Å². The molecule has 1 atom stereocenters. The Hall–Kier alpha value is -0.0800. The van der Waals surface area contributed by atoms with E-state index >= 15 is 0 Å². The van der Waals surface area contributed by atoms with Gasteiger partial charge in [0.25, 0.3) is 0 Å². The maximum atomic E-state index is 3.94. The zero-order valence-corrected chi connectivity index (χ0v) is 11.2. The summed E-state index contributed by atoms with van der Waals surface area (Å²) in [6, 6.07) is 1.64. The highest BCUT2D eigenvalue weighted by molar-refractivity contribution is 4.85. The maximum absolute atomic E-state index is 3.94. The Morgan fingerprint density at radius 1 is 0.824 bits per heavy atom. The molecule has 3 fully saturated rings. The van der Waals surface area contributed by atoms with Gasteiger partial charge >= 0.3 is 0 Å². The van der Waals surface area contributed by atoms with E-state index in [1.54, 1.807) is 0 Å². The summed E-state index contributed by atoms with van der Waals surface area (Å²) in [5.74, 6) is 1.06. The number of hydrogen-bond acceptors (Lipinski definition) is 2. The summed E-state index contributed by atoms with van der Waals surface area (Å²) in [5, 5.41) is 3.94. The molecule has 1 saturated heterocycles. The van der Waals surface area contributed by atoms with Crippen molar-refractivity contribution in [3.05, 3.63) is 0 Å². The van der Waals surface area contributed by atoms with Crippen molar-refractivity contribution in [2.45, 2.75) is 69.9 Å². The highest BCUT2D eigenvalue weighted by Gasteiger charge is 2.28. The second-order valence-corrected chi connectivity index (χ2v) is 6.54. The number of likely N-dealkylation sites (tertiary alicyclic amines) is 1. The molecule has 1 unspecified atom stereocenters. The minimum Gasteiger partial charge on any atom is -0.310 e. The average Bonchev–Trinajstić information content (AvgIpc) is 3.15. The summed E-state index contributed by atoms with van der Waals surface area (Å²) in [4.78, 5) is 2.72. The van der Waals surface area contributed by atoms with Crippen molar-refractivity contribution in [3.8, 4) is 0 Å². The van der Waals surface area contributed by atoms with Crippen molar-refractivity contribution in [2.75, 3.05) is 19.6 Å². The van der Waals surface area contributed by atoms with Gasteiger partial charge in [0.1, 0.15) is 0 Å². The summed E-state index contributed by atoms with van der Waals surface area (Å²) in [5.41, 5.74) is 0. The minimum atomic E-state index is 0.797. The molecule has 3 aliphatic rings. The van der Waals surface area contributed by atoms with E-state index in [9.17, 15) is 0 Å². The fourth-order valence-corrected chi connectivity index (χ4v) is 3.63. The molecule has 1 heterocycles. The zero-order valence-electron chi connectivity index (χ0n) is 11.2. The van der Waals surface area contributed by atoms with Gasteiger partial charge in [-0.25, -0.2) is 0 Å². The van der Waals surface area contributed by atoms with Gasteiger partial charge in [-0.05, 0) is 51.0 Å². The van der Waals surface area contributed by atoms with Gasteiger partial charge in [-0.3, -0.25) is 0 Å². The number of piperidine rings is 1. The Morgan fingerprint density at radius 2 is 1.59 bits per heavy atom. The zero-order chi connectivity index (χ0) is 11.5. The molecule has 2 saturated carbocycles. The summed E-state index contributed by atoms with van der Waals surface area (Å²) in [6.45, 7) is 4.08. The molecule has 0 aromatic rings. The fraction of sp³-hybridized carbons (Fsp3) is 1.00. The standard InChI is InChI=1S/C15H28N2/c1-2-5-14(6-3-1)16-15-7-4-10-17(12-15)11-13-8-9-13/h13-16H,1-12H2. The van der Waals surface area contributed by atoms with Gasteiger partial charge in [-0.2, -0.15) is 0 Å². The van der Waals surface area contributed by atoms with E-state index in [4.69, 9.17) is 0 Å². The lowest BCUT2D eigenvalue weighted by atomic mass is 9.94. The number of hydrogen-bond donors (Lipinski definition) is 1. The van der Waals surface area contributed by atoms with Crippen LogP contribution in [-0.2, 0) is 0 Å². The molecule has 0 aromatic heterocycles. The van der Waals surface area contributed by atoms with Gasteiger partial charge in [-0.1, -0.05) is 19.3 Å². The van der Waals surface area contributed by atoms with E-state index in [2.05, 4.69) is 10.2 Å². The molecule has 3 rings (SSSR count). The Bertz CT molecular complexity index is 231. The topological polar surface area (TPSA) is 15.3 Å². The number of nitrogens with one attached hydrogen (secondary N) is 1. The van der Waals surface area contributed by atoms with Crippen LogP contribution in [0.25, 0.3) is 0 Å². The van der Waals surface area contributed by atoms with E-state index in [1.807, 2.05) is 0 Å². The Kier molecular flexibility index (Phi) is 4.02. The van der Waals surface area contributed by atoms with Crippen molar-refractivity contribution >= 4 is 0 Å². The van der Waals surface area contributed by atoms with Gasteiger partial charge in [-0.15, -0.1) is 0 Å². The van der Waals surface area contributed by atoms with Gasteiger partial charge < -0.3 is 10.2 Å². The van der Waals surface area contributed by atoms with Crippen LogP contribution in [0.3, 0.4) is 0 Å². The maximum Gasteiger partial charge on any atom is 0.0198 e. The molecule has 2 nitrogen and oxygen atoms in total. The van der Waals surface area contributed by atoms with Gasteiger partial charge in [0.2, 0.25) is 0 Å². The van der Waals surface area contributed by atoms with Crippen molar-refractivity contribution in [3.63, 3.8) is 0 Å². The highest BCUT2D eigenvalue weighted by atomic mass is 15.2. The second-order valence-electron chi connectivity index (χ2n) is 6.54. The fourth-order valence-electron chi connectivity index (χ4n) is 3.63.